The summed E-state index contributed by atoms with van der Waals surface area (Å²) in [6.45, 7) is 1.55. The van der Waals surface area contributed by atoms with E-state index in [4.69, 9.17) is 4.55 Å². The van der Waals surface area contributed by atoms with Crippen LogP contribution >= 0.6 is 0 Å². The quantitative estimate of drug-likeness (QED) is 0.774. The summed E-state index contributed by atoms with van der Waals surface area (Å²) in [4.78, 5) is 11.1. The Bertz CT molecular complexity index is 343. The van der Waals surface area contributed by atoms with Crippen molar-refractivity contribution in [3.05, 3.63) is 29.8 Å². The highest BCUT2D eigenvalue weighted by molar-refractivity contribution is 7.79. The average molecular weight is 212 g/mol. The molecule has 1 rings (SSSR count). The number of carbonyl (C=O) groups excluding carboxylic acids is 1. The summed E-state index contributed by atoms with van der Waals surface area (Å²) in [7, 11) is 0. The van der Waals surface area contributed by atoms with E-state index in [1.807, 2.05) is 0 Å². The number of aryl methyl sites for hydroxylation is 1. The Balaban J connectivity index is 2.64. The smallest absolute Gasteiger partial charge is 0.186 e. The van der Waals surface area contributed by atoms with Gasteiger partial charge in [-0.3, -0.25) is 0 Å². The number of rotatable bonds is 4. The molecular weight excluding hydrogens is 200 g/mol. The fraction of sp³-hybridized carbons (Fsp3) is 0.300. The molecule has 4 heteroatoms. The van der Waals surface area contributed by atoms with Gasteiger partial charge in [0.05, 0.1) is 4.90 Å². The predicted molar refractivity (Wildman–Crippen MR) is 54.5 cm³/mol. The number of benzene rings is 1. The molecule has 0 saturated heterocycles. The first kappa shape index (κ1) is 11.1. The molecule has 76 valence electrons. The summed E-state index contributed by atoms with van der Waals surface area (Å²) < 4.78 is 19.4. The summed E-state index contributed by atoms with van der Waals surface area (Å²) in [6, 6.07) is 6.75. The van der Waals surface area contributed by atoms with Crippen LogP contribution in [0.1, 0.15) is 18.9 Å². The van der Waals surface area contributed by atoms with Crippen LogP contribution < -0.4 is 0 Å². The molecule has 0 spiro atoms. The molecule has 0 aliphatic heterocycles. The lowest BCUT2D eigenvalue weighted by molar-refractivity contribution is -0.116. The fourth-order valence-electron chi connectivity index (χ4n) is 1.09. The van der Waals surface area contributed by atoms with Gasteiger partial charge < -0.3 is 9.35 Å². The topological polar surface area (TPSA) is 54.4 Å². The predicted octanol–water partition coefficient (Wildman–Crippen LogP) is 1.79. The van der Waals surface area contributed by atoms with E-state index in [-0.39, 0.29) is 5.78 Å². The van der Waals surface area contributed by atoms with Gasteiger partial charge in [-0.1, -0.05) is 12.1 Å². The molecule has 0 amide bonds. The van der Waals surface area contributed by atoms with Gasteiger partial charge in [-0.05, 0) is 31.0 Å². The zero-order valence-electron chi connectivity index (χ0n) is 7.90. The van der Waals surface area contributed by atoms with Gasteiger partial charge in [-0.25, -0.2) is 4.21 Å². The zero-order chi connectivity index (χ0) is 10.6. The Hall–Kier alpha value is -1.00. The molecule has 1 aromatic carbocycles. The maximum absolute atomic E-state index is 10.7. The number of ketones is 1. The second-order valence-electron chi connectivity index (χ2n) is 3.10. The first-order chi connectivity index (χ1) is 6.59. The van der Waals surface area contributed by atoms with Crippen molar-refractivity contribution in [2.45, 2.75) is 24.7 Å². The van der Waals surface area contributed by atoms with E-state index in [0.717, 1.165) is 5.56 Å². The molecule has 14 heavy (non-hydrogen) atoms. The van der Waals surface area contributed by atoms with Crippen LogP contribution in [0.2, 0.25) is 0 Å². The van der Waals surface area contributed by atoms with Gasteiger partial charge in [0.25, 0.3) is 0 Å². The third-order valence-electron chi connectivity index (χ3n) is 1.89. The second kappa shape index (κ2) is 5.02. The van der Waals surface area contributed by atoms with E-state index in [2.05, 4.69) is 0 Å². The lowest BCUT2D eigenvalue weighted by Gasteiger charge is -1.99. The van der Waals surface area contributed by atoms with Gasteiger partial charge >= 0.3 is 0 Å². The number of hydrogen-bond donors (Lipinski definition) is 1. The van der Waals surface area contributed by atoms with E-state index in [0.29, 0.717) is 17.7 Å². The Kier molecular flexibility index (Phi) is 3.98. The molecule has 0 heterocycles. The molecule has 3 nitrogen and oxygen atoms in total. The van der Waals surface area contributed by atoms with Crippen LogP contribution in [0.3, 0.4) is 0 Å². The number of carbonyl (C=O) groups is 1. The molecule has 1 atom stereocenters. The minimum Gasteiger partial charge on any atom is -0.302 e. The van der Waals surface area contributed by atoms with Crippen molar-refractivity contribution < 1.29 is 13.6 Å². The zero-order valence-corrected chi connectivity index (χ0v) is 8.71. The van der Waals surface area contributed by atoms with Gasteiger partial charge in [0.2, 0.25) is 0 Å². The number of hydrogen-bond acceptors (Lipinski definition) is 2. The minimum absolute atomic E-state index is 0.153. The van der Waals surface area contributed by atoms with Gasteiger partial charge in [-0.15, -0.1) is 0 Å². The summed E-state index contributed by atoms with van der Waals surface area (Å²) in [5, 5.41) is 0. The normalized spacial score (nSPS) is 12.4. The van der Waals surface area contributed by atoms with Gasteiger partial charge in [0, 0.05) is 6.42 Å². The Morgan fingerprint density at radius 3 is 2.36 bits per heavy atom. The van der Waals surface area contributed by atoms with Crippen molar-refractivity contribution in [2.75, 3.05) is 0 Å². The van der Waals surface area contributed by atoms with E-state index in [9.17, 15) is 9.00 Å². The van der Waals surface area contributed by atoms with Crippen molar-refractivity contribution in [1.29, 1.82) is 0 Å². The summed E-state index contributed by atoms with van der Waals surface area (Å²) in [6.07, 6.45) is 1.20. The molecule has 1 unspecified atom stereocenters. The Labute approximate surface area is 85.4 Å². The second-order valence-corrected chi connectivity index (χ2v) is 4.06. The van der Waals surface area contributed by atoms with E-state index in [1.54, 1.807) is 31.2 Å². The van der Waals surface area contributed by atoms with E-state index in [1.165, 1.54) is 0 Å². The standard InChI is InChI=1S/C10H12O3S/c1-8(11)2-3-9-4-6-10(7-5-9)14(12)13/h4-7H,2-3H2,1H3,(H,12,13). The van der Waals surface area contributed by atoms with Crippen molar-refractivity contribution in [2.24, 2.45) is 0 Å². The molecule has 0 radical (unpaired) electrons. The molecule has 0 aliphatic carbocycles. The molecule has 0 saturated carbocycles. The first-order valence-corrected chi connectivity index (χ1v) is 5.39. The van der Waals surface area contributed by atoms with E-state index >= 15 is 0 Å². The summed E-state index contributed by atoms with van der Waals surface area (Å²) in [5.74, 6) is 0.153. The van der Waals surface area contributed by atoms with Crippen LogP contribution in [0.15, 0.2) is 29.2 Å². The van der Waals surface area contributed by atoms with Crippen LogP contribution in [0.25, 0.3) is 0 Å². The lowest BCUT2D eigenvalue weighted by Crippen LogP contribution is -1.94. The lowest BCUT2D eigenvalue weighted by atomic mass is 10.1. The van der Waals surface area contributed by atoms with Gasteiger partial charge in [0.15, 0.2) is 11.1 Å². The minimum atomic E-state index is -1.92. The monoisotopic (exact) mass is 212 g/mol. The summed E-state index contributed by atoms with van der Waals surface area (Å²) >= 11 is -1.92. The van der Waals surface area contributed by atoms with Crippen molar-refractivity contribution in [3.63, 3.8) is 0 Å². The highest BCUT2D eigenvalue weighted by Gasteiger charge is 2.00. The van der Waals surface area contributed by atoms with Crippen LogP contribution in [-0.2, 0) is 22.3 Å². The fourth-order valence-corrected chi connectivity index (χ4v) is 1.46. The highest BCUT2D eigenvalue weighted by atomic mass is 32.2. The molecule has 0 fully saturated rings. The Morgan fingerprint density at radius 1 is 1.36 bits per heavy atom. The van der Waals surface area contributed by atoms with Crippen molar-refractivity contribution in [1.82, 2.24) is 0 Å². The molecule has 0 aliphatic rings. The van der Waals surface area contributed by atoms with E-state index < -0.39 is 11.1 Å². The summed E-state index contributed by atoms with van der Waals surface area (Å²) in [5.41, 5.74) is 1.01. The van der Waals surface area contributed by atoms with Crippen molar-refractivity contribution in [3.8, 4) is 0 Å². The van der Waals surface area contributed by atoms with Crippen LogP contribution in [-0.4, -0.2) is 14.5 Å². The largest absolute Gasteiger partial charge is 0.302 e. The molecule has 0 bridgehead atoms. The SMILES string of the molecule is CC(=O)CCc1ccc(S(=O)O)cc1. The van der Waals surface area contributed by atoms with Gasteiger partial charge in [0.1, 0.15) is 5.78 Å². The first-order valence-electron chi connectivity index (χ1n) is 4.29. The van der Waals surface area contributed by atoms with Crippen molar-refractivity contribution >= 4 is 16.9 Å². The molecule has 1 N–H and O–H groups in total. The molecule has 0 aromatic heterocycles. The molecular formula is C10H12O3S. The Morgan fingerprint density at radius 2 is 1.93 bits per heavy atom. The molecule has 1 aromatic rings. The maximum Gasteiger partial charge on any atom is 0.186 e. The van der Waals surface area contributed by atoms with Gasteiger partial charge in [-0.2, -0.15) is 0 Å². The van der Waals surface area contributed by atoms with Crippen LogP contribution in [0, 0.1) is 0 Å². The maximum atomic E-state index is 10.7. The average Bonchev–Trinajstić information content (AvgIpc) is 2.15. The van der Waals surface area contributed by atoms with Crippen LogP contribution in [0.4, 0.5) is 0 Å². The highest BCUT2D eigenvalue weighted by Crippen LogP contribution is 2.09. The number of Topliss-reactive ketones (excluding diaryl/α,β-unsaturated/α-hetero) is 1. The van der Waals surface area contributed by atoms with Crippen LogP contribution in [0.5, 0.6) is 0 Å². The third kappa shape index (κ3) is 3.40. The third-order valence-corrected chi connectivity index (χ3v) is 2.57.